The standard InChI is InChI=1S/C22H23N3O3/c1-2-13-27-19-11-9-16(10-12-19)22(26)23-21-20(24-28-25-21)18-8-7-15-5-3-4-6-17(15)14-18/h7-12,14H,2-6,13H2,1H3,(H,23,25,26). The number of anilines is 1. The number of ether oxygens (including phenoxy) is 1. The van der Waals surface area contributed by atoms with Crippen molar-refractivity contribution in [3.63, 3.8) is 0 Å². The van der Waals surface area contributed by atoms with Crippen LogP contribution in [0.1, 0.15) is 47.7 Å². The van der Waals surface area contributed by atoms with Gasteiger partial charge in [-0.25, -0.2) is 4.63 Å². The SMILES string of the molecule is CCCOc1ccc(C(=O)Nc2nonc2-c2ccc3c(c2)CCCC3)cc1. The van der Waals surface area contributed by atoms with Crippen molar-refractivity contribution in [1.82, 2.24) is 10.3 Å². The zero-order valence-corrected chi connectivity index (χ0v) is 15.9. The lowest BCUT2D eigenvalue weighted by molar-refractivity contribution is 0.102. The molecule has 0 fully saturated rings. The molecule has 0 radical (unpaired) electrons. The molecule has 0 aliphatic heterocycles. The molecule has 0 bridgehead atoms. The molecule has 1 aliphatic carbocycles. The number of fused-ring (bicyclic) bond motifs is 1. The van der Waals surface area contributed by atoms with Crippen LogP contribution in [-0.2, 0) is 12.8 Å². The third kappa shape index (κ3) is 3.91. The highest BCUT2D eigenvalue weighted by Gasteiger charge is 2.18. The quantitative estimate of drug-likeness (QED) is 0.676. The van der Waals surface area contributed by atoms with Gasteiger partial charge in [0, 0.05) is 11.1 Å². The average molecular weight is 377 g/mol. The molecule has 2 aromatic carbocycles. The Kier molecular flexibility index (Phi) is 5.37. The molecule has 0 unspecified atom stereocenters. The molecule has 0 atom stereocenters. The minimum absolute atomic E-state index is 0.267. The summed E-state index contributed by atoms with van der Waals surface area (Å²) >= 11 is 0. The van der Waals surface area contributed by atoms with Crippen LogP contribution in [0.3, 0.4) is 0 Å². The van der Waals surface area contributed by atoms with E-state index in [0.717, 1.165) is 30.6 Å². The number of carbonyl (C=O) groups excluding carboxylic acids is 1. The summed E-state index contributed by atoms with van der Waals surface area (Å²) in [6.07, 6.45) is 5.57. The second kappa shape index (κ2) is 8.25. The summed E-state index contributed by atoms with van der Waals surface area (Å²) in [6, 6.07) is 13.3. The fourth-order valence-electron chi connectivity index (χ4n) is 3.44. The molecule has 1 aliphatic rings. The van der Waals surface area contributed by atoms with Crippen molar-refractivity contribution in [2.75, 3.05) is 11.9 Å². The summed E-state index contributed by atoms with van der Waals surface area (Å²) < 4.78 is 10.5. The van der Waals surface area contributed by atoms with Crippen LogP contribution in [0.5, 0.6) is 5.75 Å². The maximum absolute atomic E-state index is 12.6. The minimum atomic E-state index is -0.267. The van der Waals surface area contributed by atoms with E-state index in [-0.39, 0.29) is 5.91 Å². The fourth-order valence-corrected chi connectivity index (χ4v) is 3.44. The van der Waals surface area contributed by atoms with Crippen LogP contribution in [0, 0.1) is 0 Å². The van der Waals surface area contributed by atoms with E-state index in [9.17, 15) is 4.79 Å². The minimum Gasteiger partial charge on any atom is -0.494 e. The van der Waals surface area contributed by atoms with Gasteiger partial charge in [-0.1, -0.05) is 19.1 Å². The Labute approximate surface area is 163 Å². The highest BCUT2D eigenvalue weighted by atomic mass is 16.6. The van der Waals surface area contributed by atoms with E-state index < -0.39 is 0 Å². The van der Waals surface area contributed by atoms with E-state index >= 15 is 0 Å². The number of benzene rings is 2. The number of aryl methyl sites for hydroxylation is 2. The van der Waals surface area contributed by atoms with Crippen LogP contribution in [0.4, 0.5) is 5.82 Å². The molecule has 0 saturated carbocycles. The Morgan fingerprint density at radius 3 is 2.64 bits per heavy atom. The van der Waals surface area contributed by atoms with Gasteiger partial charge in [-0.05, 0) is 83.9 Å². The van der Waals surface area contributed by atoms with Gasteiger partial charge in [0.1, 0.15) is 5.75 Å². The molecule has 6 heteroatoms. The van der Waals surface area contributed by atoms with Crippen molar-refractivity contribution in [3.8, 4) is 17.0 Å². The Bertz CT molecular complexity index is 963. The molecule has 6 nitrogen and oxygen atoms in total. The summed E-state index contributed by atoms with van der Waals surface area (Å²) in [4.78, 5) is 12.6. The molecule has 3 aromatic rings. The van der Waals surface area contributed by atoms with E-state index in [1.165, 1.54) is 24.0 Å². The molecular formula is C22H23N3O3. The predicted octanol–water partition coefficient (Wildman–Crippen LogP) is 4.66. The summed E-state index contributed by atoms with van der Waals surface area (Å²) in [5, 5.41) is 10.7. The number of rotatable bonds is 6. The van der Waals surface area contributed by atoms with Crippen molar-refractivity contribution in [1.29, 1.82) is 0 Å². The van der Waals surface area contributed by atoms with Gasteiger partial charge in [0.25, 0.3) is 5.91 Å². The number of amides is 1. The molecule has 0 spiro atoms. The molecule has 1 aromatic heterocycles. The highest BCUT2D eigenvalue weighted by molar-refractivity contribution is 6.05. The molecule has 1 amide bonds. The van der Waals surface area contributed by atoms with Crippen molar-refractivity contribution in [2.24, 2.45) is 0 Å². The van der Waals surface area contributed by atoms with Gasteiger partial charge in [-0.2, -0.15) is 0 Å². The number of aromatic nitrogens is 2. The first kappa shape index (κ1) is 18.2. The van der Waals surface area contributed by atoms with Crippen LogP contribution < -0.4 is 10.1 Å². The summed E-state index contributed by atoms with van der Waals surface area (Å²) in [5.41, 5.74) is 4.70. The number of hydrogen-bond acceptors (Lipinski definition) is 5. The monoisotopic (exact) mass is 377 g/mol. The molecule has 0 saturated heterocycles. The molecule has 4 rings (SSSR count). The van der Waals surface area contributed by atoms with Crippen LogP contribution in [0.2, 0.25) is 0 Å². The molecule has 144 valence electrons. The predicted molar refractivity (Wildman–Crippen MR) is 107 cm³/mol. The van der Waals surface area contributed by atoms with Crippen LogP contribution in [0.15, 0.2) is 47.1 Å². The van der Waals surface area contributed by atoms with Crippen LogP contribution >= 0.6 is 0 Å². The Morgan fingerprint density at radius 2 is 1.86 bits per heavy atom. The Balaban J connectivity index is 1.51. The van der Waals surface area contributed by atoms with Crippen LogP contribution in [0.25, 0.3) is 11.3 Å². The van der Waals surface area contributed by atoms with Crippen molar-refractivity contribution in [3.05, 3.63) is 59.2 Å². The Morgan fingerprint density at radius 1 is 1.07 bits per heavy atom. The van der Waals surface area contributed by atoms with E-state index in [4.69, 9.17) is 9.37 Å². The largest absolute Gasteiger partial charge is 0.494 e. The second-order valence-electron chi connectivity index (χ2n) is 6.98. The number of hydrogen-bond donors (Lipinski definition) is 1. The smallest absolute Gasteiger partial charge is 0.256 e. The van der Waals surface area contributed by atoms with Crippen LogP contribution in [-0.4, -0.2) is 22.8 Å². The van der Waals surface area contributed by atoms with Crippen molar-refractivity contribution >= 4 is 11.7 Å². The van der Waals surface area contributed by atoms with E-state index in [0.29, 0.717) is 23.7 Å². The maximum Gasteiger partial charge on any atom is 0.256 e. The lowest BCUT2D eigenvalue weighted by Gasteiger charge is -2.16. The van der Waals surface area contributed by atoms with Gasteiger partial charge in [-0.15, -0.1) is 0 Å². The lowest BCUT2D eigenvalue weighted by Crippen LogP contribution is -2.13. The second-order valence-corrected chi connectivity index (χ2v) is 6.98. The summed E-state index contributed by atoms with van der Waals surface area (Å²) in [5.74, 6) is 0.806. The van der Waals surface area contributed by atoms with Gasteiger partial charge in [-0.3, -0.25) is 4.79 Å². The average Bonchev–Trinajstić information content (AvgIpc) is 3.20. The normalized spacial score (nSPS) is 13.0. The van der Waals surface area contributed by atoms with Crippen molar-refractivity contribution < 1.29 is 14.2 Å². The molecule has 28 heavy (non-hydrogen) atoms. The van der Waals surface area contributed by atoms with Gasteiger partial charge in [0.15, 0.2) is 5.69 Å². The van der Waals surface area contributed by atoms with Gasteiger partial charge in [0.05, 0.1) is 6.61 Å². The topological polar surface area (TPSA) is 77.2 Å². The van der Waals surface area contributed by atoms with Gasteiger partial charge < -0.3 is 10.1 Å². The first-order valence-corrected chi connectivity index (χ1v) is 9.73. The Hall–Kier alpha value is -3.15. The third-order valence-electron chi connectivity index (χ3n) is 4.93. The fraction of sp³-hybridized carbons (Fsp3) is 0.318. The van der Waals surface area contributed by atoms with E-state index in [1.54, 1.807) is 24.3 Å². The number of carbonyl (C=O) groups is 1. The van der Waals surface area contributed by atoms with Crippen molar-refractivity contribution in [2.45, 2.75) is 39.0 Å². The molecule has 1 heterocycles. The summed E-state index contributed by atoms with van der Waals surface area (Å²) in [7, 11) is 0. The third-order valence-corrected chi connectivity index (χ3v) is 4.93. The lowest BCUT2D eigenvalue weighted by atomic mass is 9.90. The molecule has 1 N–H and O–H groups in total. The van der Waals surface area contributed by atoms with Gasteiger partial charge >= 0.3 is 0 Å². The zero-order chi connectivity index (χ0) is 19.3. The summed E-state index contributed by atoms with van der Waals surface area (Å²) in [6.45, 7) is 2.70. The first-order valence-electron chi connectivity index (χ1n) is 9.73. The number of nitrogens with zero attached hydrogens (tertiary/aromatic N) is 2. The number of nitrogens with one attached hydrogen (secondary N) is 1. The first-order chi connectivity index (χ1) is 13.7. The van der Waals surface area contributed by atoms with E-state index in [1.807, 2.05) is 13.0 Å². The maximum atomic E-state index is 12.6. The highest BCUT2D eigenvalue weighted by Crippen LogP contribution is 2.30. The zero-order valence-electron chi connectivity index (χ0n) is 15.9. The van der Waals surface area contributed by atoms with E-state index in [2.05, 4.69) is 27.8 Å². The van der Waals surface area contributed by atoms with Gasteiger partial charge in [0.2, 0.25) is 5.82 Å². The molecular weight excluding hydrogens is 354 g/mol.